The summed E-state index contributed by atoms with van der Waals surface area (Å²) in [4.78, 5) is 9.84. The number of pyridine rings is 2. The lowest BCUT2D eigenvalue weighted by Gasteiger charge is -2.10. The van der Waals surface area contributed by atoms with E-state index in [2.05, 4.69) is 206 Å². The molecule has 8 aromatic carbocycles. The fourth-order valence-corrected chi connectivity index (χ4v) is 8.56. The zero-order valence-electron chi connectivity index (χ0n) is 33.2. The summed E-state index contributed by atoms with van der Waals surface area (Å²) in [6, 6.07) is 76.7. The number of aromatic nitrogens is 2. The highest BCUT2D eigenvalue weighted by Crippen LogP contribution is 2.41. The Balaban J connectivity index is 0.855. The molecule has 0 saturated carbocycles. The normalized spacial score (nSPS) is 11.3. The molecule has 0 spiro atoms. The van der Waals surface area contributed by atoms with Gasteiger partial charge in [-0.3, -0.25) is 9.97 Å². The van der Waals surface area contributed by atoms with E-state index >= 15 is 0 Å². The lowest BCUT2D eigenvalue weighted by atomic mass is 9.96. The molecule has 0 aliphatic carbocycles. The van der Waals surface area contributed by atoms with Gasteiger partial charge in [-0.05, 0) is 56.6 Å². The van der Waals surface area contributed by atoms with Crippen molar-refractivity contribution in [2.45, 2.75) is 0 Å². The summed E-state index contributed by atoms with van der Waals surface area (Å²) in [5.74, 6) is 0. The number of nitrogens with zero attached hydrogens (tertiary/aromatic N) is 2. The van der Waals surface area contributed by atoms with Gasteiger partial charge in [-0.2, -0.15) is 0 Å². The lowest BCUT2D eigenvalue weighted by molar-refractivity contribution is 0.671. The monoisotopic (exact) mass is 778 g/mol. The average molecular weight is 779 g/mol. The summed E-state index contributed by atoms with van der Waals surface area (Å²) in [5, 5.41) is 2.20. The van der Waals surface area contributed by atoms with E-state index in [4.69, 9.17) is 14.4 Å². The van der Waals surface area contributed by atoms with Crippen molar-refractivity contribution >= 4 is 21.9 Å². The quantitative estimate of drug-likeness (QED) is 0.154. The van der Waals surface area contributed by atoms with E-state index in [1.807, 2.05) is 24.5 Å². The van der Waals surface area contributed by atoms with Crippen LogP contribution in [0.15, 0.2) is 235 Å². The van der Waals surface area contributed by atoms with Crippen LogP contribution in [-0.2, 0) is 0 Å². The predicted molar refractivity (Wildman–Crippen MR) is 253 cm³/mol. The van der Waals surface area contributed by atoms with E-state index < -0.39 is 0 Å². The highest BCUT2D eigenvalue weighted by Gasteiger charge is 2.17. The predicted octanol–water partition coefficient (Wildman–Crippen LogP) is 15.7. The van der Waals surface area contributed by atoms with Crippen molar-refractivity contribution in [1.82, 2.24) is 9.97 Å². The molecular formula is C58H38N2O. The van der Waals surface area contributed by atoms with Crippen molar-refractivity contribution in [1.29, 1.82) is 0 Å². The van der Waals surface area contributed by atoms with Crippen LogP contribution in [0.1, 0.15) is 0 Å². The molecule has 0 aliphatic heterocycles. The maximum absolute atomic E-state index is 6.83. The van der Waals surface area contributed by atoms with Gasteiger partial charge in [0.05, 0.1) is 11.4 Å². The summed E-state index contributed by atoms with van der Waals surface area (Å²) in [6.45, 7) is 0. The Bertz CT molecular complexity index is 3070. The summed E-state index contributed by atoms with van der Waals surface area (Å²) >= 11 is 0. The van der Waals surface area contributed by atoms with Gasteiger partial charge in [0.15, 0.2) is 0 Å². The summed E-state index contributed by atoms with van der Waals surface area (Å²) in [5.41, 5.74) is 19.3. The number of furan rings is 1. The van der Waals surface area contributed by atoms with Crippen LogP contribution in [0.4, 0.5) is 0 Å². The molecule has 11 rings (SSSR count). The number of rotatable bonds is 8. The molecule has 3 aromatic heterocycles. The molecule has 3 heteroatoms. The van der Waals surface area contributed by atoms with Crippen molar-refractivity contribution in [2.75, 3.05) is 0 Å². The van der Waals surface area contributed by atoms with Gasteiger partial charge in [0.1, 0.15) is 11.2 Å². The first-order valence-corrected chi connectivity index (χ1v) is 20.6. The highest BCUT2D eigenvalue weighted by atomic mass is 16.3. The molecule has 11 aromatic rings. The molecule has 3 nitrogen and oxygen atoms in total. The SMILES string of the molecule is c1ccc(-c2ccccc2-c2ccc(-c3ccc(-c4cccc5c4oc4c(-c6ccc(-c7ccc(-c8ccccc8-c8ccccc8)nc7)cc6)cccc45)cc3)cn2)cc1. The number of hydrogen-bond donors (Lipinski definition) is 0. The third kappa shape index (κ3) is 6.78. The minimum Gasteiger partial charge on any atom is -0.455 e. The van der Waals surface area contributed by atoms with Gasteiger partial charge in [0.25, 0.3) is 0 Å². The molecular weight excluding hydrogens is 741 g/mol. The fourth-order valence-electron chi connectivity index (χ4n) is 8.56. The maximum atomic E-state index is 6.83. The second-order valence-electron chi connectivity index (χ2n) is 15.3. The standard InChI is InChI=1S/C58H38N2O/c1-3-13-41(14-4-1)47-17-7-9-19-51(47)55-35-33-45(37-59-55)39-25-29-43(30-26-39)49-21-11-23-53-54-24-12-22-50(58(54)61-57(49)53)44-31-27-40(28-32-44)46-34-36-56(60-38-46)52-20-10-8-18-48(52)42-15-5-2-6-16-42/h1-38H. The Labute approximate surface area is 354 Å². The summed E-state index contributed by atoms with van der Waals surface area (Å²) in [7, 11) is 0. The zero-order chi connectivity index (χ0) is 40.5. The van der Waals surface area contributed by atoms with Crippen LogP contribution in [0, 0.1) is 0 Å². The van der Waals surface area contributed by atoms with Crippen molar-refractivity contribution in [3.8, 4) is 89.3 Å². The van der Waals surface area contributed by atoms with E-state index in [0.717, 1.165) is 89.0 Å². The van der Waals surface area contributed by atoms with E-state index in [1.165, 1.54) is 22.3 Å². The molecule has 0 fully saturated rings. The van der Waals surface area contributed by atoms with E-state index in [-0.39, 0.29) is 0 Å². The molecule has 0 aliphatic rings. The van der Waals surface area contributed by atoms with Gasteiger partial charge < -0.3 is 4.42 Å². The molecule has 0 unspecified atom stereocenters. The van der Waals surface area contributed by atoms with Crippen LogP contribution in [-0.4, -0.2) is 9.97 Å². The lowest BCUT2D eigenvalue weighted by Crippen LogP contribution is -1.89. The Hall–Kier alpha value is -8.14. The van der Waals surface area contributed by atoms with Gasteiger partial charge in [-0.1, -0.05) is 206 Å². The first kappa shape index (κ1) is 36.0. The van der Waals surface area contributed by atoms with Crippen LogP contribution in [0.2, 0.25) is 0 Å². The van der Waals surface area contributed by atoms with Crippen LogP contribution >= 0.6 is 0 Å². The van der Waals surface area contributed by atoms with Crippen molar-refractivity contribution in [3.63, 3.8) is 0 Å². The second-order valence-corrected chi connectivity index (χ2v) is 15.3. The first-order valence-electron chi connectivity index (χ1n) is 20.6. The number of para-hydroxylation sites is 2. The summed E-state index contributed by atoms with van der Waals surface area (Å²) < 4.78 is 6.83. The Morgan fingerprint density at radius 2 is 0.557 bits per heavy atom. The van der Waals surface area contributed by atoms with Gasteiger partial charge in [-0.25, -0.2) is 0 Å². The molecule has 0 saturated heterocycles. The van der Waals surface area contributed by atoms with Gasteiger partial charge in [0.2, 0.25) is 0 Å². The number of benzene rings is 8. The number of fused-ring (bicyclic) bond motifs is 3. The second kappa shape index (κ2) is 15.6. The van der Waals surface area contributed by atoms with Crippen LogP contribution in [0.25, 0.3) is 111 Å². The van der Waals surface area contributed by atoms with Gasteiger partial charge >= 0.3 is 0 Å². The molecule has 3 heterocycles. The molecule has 286 valence electrons. The van der Waals surface area contributed by atoms with Crippen LogP contribution < -0.4 is 0 Å². The topological polar surface area (TPSA) is 38.9 Å². The smallest absolute Gasteiger partial charge is 0.143 e. The Morgan fingerprint density at radius 3 is 0.951 bits per heavy atom. The third-order valence-corrected chi connectivity index (χ3v) is 11.7. The Kier molecular flexibility index (Phi) is 9.18. The average Bonchev–Trinajstić information content (AvgIpc) is 3.74. The molecule has 0 radical (unpaired) electrons. The van der Waals surface area contributed by atoms with E-state index in [0.29, 0.717) is 0 Å². The maximum Gasteiger partial charge on any atom is 0.143 e. The molecule has 0 bridgehead atoms. The molecule has 0 atom stereocenters. The van der Waals surface area contributed by atoms with Gasteiger partial charge in [0, 0.05) is 56.5 Å². The van der Waals surface area contributed by atoms with Gasteiger partial charge in [-0.15, -0.1) is 0 Å². The molecule has 0 N–H and O–H groups in total. The van der Waals surface area contributed by atoms with Crippen LogP contribution in [0.5, 0.6) is 0 Å². The highest BCUT2D eigenvalue weighted by molar-refractivity contribution is 6.13. The van der Waals surface area contributed by atoms with Crippen molar-refractivity contribution in [2.24, 2.45) is 0 Å². The fraction of sp³-hybridized carbons (Fsp3) is 0. The third-order valence-electron chi connectivity index (χ3n) is 11.7. The van der Waals surface area contributed by atoms with Crippen molar-refractivity contribution in [3.05, 3.63) is 231 Å². The largest absolute Gasteiger partial charge is 0.455 e. The zero-order valence-corrected chi connectivity index (χ0v) is 33.2. The van der Waals surface area contributed by atoms with E-state index in [9.17, 15) is 0 Å². The van der Waals surface area contributed by atoms with E-state index in [1.54, 1.807) is 0 Å². The first-order chi connectivity index (χ1) is 30.2. The molecule has 0 amide bonds. The van der Waals surface area contributed by atoms with Crippen LogP contribution in [0.3, 0.4) is 0 Å². The Morgan fingerprint density at radius 1 is 0.230 bits per heavy atom. The minimum atomic E-state index is 0.887. The summed E-state index contributed by atoms with van der Waals surface area (Å²) in [6.07, 6.45) is 3.94. The number of hydrogen-bond acceptors (Lipinski definition) is 3. The molecule has 61 heavy (non-hydrogen) atoms. The van der Waals surface area contributed by atoms with Crippen molar-refractivity contribution < 1.29 is 4.42 Å². The minimum absolute atomic E-state index is 0.887.